The quantitative estimate of drug-likeness (QED) is 0.437. The van der Waals surface area contributed by atoms with E-state index in [1.165, 1.54) is 23.2 Å². The zero-order valence-corrected chi connectivity index (χ0v) is 18.1. The summed E-state index contributed by atoms with van der Waals surface area (Å²) >= 11 is 0. The van der Waals surface area contributed by atoms with Gasteiger partial charge >= 0.3 is 0 Å². The molecule has 0 saturated heterocycles. The molecule has 2 heterocycles. The summed E-state index contributed by atoms with van der Waals surface area (Å²) in [7, 11) is 0. The summed E-state index contributed by atoms with van der Waals surface area (Å²) in [5.41, 5.74) is 2.61. The lowest BCUT2D eigenvalue weighted by atomic mass is 10.0. The topological polar surface area (TPSA) is 76.9 Å². The molecule has 7 heteroatoms. The largest absolute Gasteiger partial charge is 0.353 e. The van der Waals surface area contributed by atoms with Crippen LogP contribution in [0, 0.1) is 0 Å². The summed E-state index contributed by atoms with van der Waals surface area (Å²) in [4.78, 5) is 33.3. The van der Waals surface area contributed by atoms with Gasteiger partial charge in [0.15, 0.2) is 0 Å². The lowest BCUT2D eigenvalue weighted by molar-refractivity contribution is -0.116. The maximum absolute atomic E-state index is 12.7. The van der Waals surface area contributed by atoms with Crippen molar-refractivity contribution in [3.63, 3.8) is 0 Å². The Bertz CT molecular complexity index is 1060. The molecule has 6 nitrogen and oxygen atoms in total. The van der Waals surface area contributed by atoms with E-state index in [9.17, 15) is 9.59 Å². The second-order valence-corrected chi connectivity index (χ2v) is 7.27. The summed E-state index contributed by atoms with van der Waals surface area (Å²) in [5, 5.41) is 3.39. The number of unbranched alkanes of at least 4 members (excludes halogenated alkanes) is 1. The molecule has 0 radical (unpaired) electrons. The zero-order valence-electron chi connectivity index (χ0n) is 17.2. The minimum Gasteiger partial charge on any atom is -0.353 e. The Balaban J connectivity index is 0.00000320. The van der Waals surface area contributed by atoms with Crippen molar-refractivity contribution < 1.29 is 4.79 Å². The van der Waals surface area contributed by atoms with Crippen LogP contribution in [0.5, 0.6) is 0 Å². The summed E-state index contributed by atoms with van der Waals surface area (Å²) in [6.45, 7) is 4.74. The second-order valence-electron chi connectivity index (χ2n) is 7.27. The van der Waals surface area contributed by atoms with Crippen molar-refractivity contribution >= 4 is 35.4 Å². The fraction of sp³-hybridized carbons (Fsp3) is 0.304. The number of carbonyl (C=O) groups is 1. The molecule has 0 fully saturated rings. The van der Waals surface area contributed by atoms with Crippen LogP contribution in [0.3, 0.4) is 0 Å². The number of nitrogens with one attached hydrogen (secondary N) is 1. The van der Waals surface area contributed by atoms with Gasteiger partial charge in [0.05, 0.1) is 10.9 Å². The van der Waals surface area contributed by atoms with E-state index in [0.29, 0.717) is 23.4 Å². The number of rotatable bonds is 8. The minimum atomic E-state index is -0.231. The molecule has 1 N–H and O–H groups in total. The third-order valence-corrected chi connectivity index (χ3v) is 4.75. The van der Waals surface area contributed by atoms with Gasteiger partial charge in [0.2, 0.25) is 5.91 Å². The van der Waals surface area contributed by atoms with Gasteiger partial charge in [-0.1, -0.05) is 26.0 Å². The van der Waals surface area contributed by atoms with E-state index in [1.807, 2.05) is 36.4 Å². The molecule has 1 aromatic carbocycles. The minimum absolute atomic E-state index is 0. The van der Waals surface area contributed by atoms with Crippen molar-refractivity contribution in [3.05, 3.63) is 76.6 Å². The van der Waals surface area contributed by atoms with Crippen LogP contribution in [0.15, 0.2) is 59.8 Å². The van der Waals surface area contributed by atoms with Crippen molar-refractivity contribution in [2.45, 2.75) is 39.0 Å². The Morgan fingerprint density at radius 2 is 2.00 bits per heavy atom. The summed E-state index contributed by atoms with van der Waals surface area (Å²) in [5.74, 6) is 0.0946. The lowest BCUT2D eigenvalue weighted by Crippen LogP contribution is -2.23. The molecular weight excluding hydrogens is 400 g/mol. The SMILES string of the molecule is CC(C)c1ccc2ncn(/C=C/C(=O)NCCCCc3ccccn3)c(=O)c2c1.Cl. The number of benzene rings is 1. The maximum atomic E-state index is 12.7. The fourth-order valence-corrected chi connectivity index (χ4v) is 3.01. The monoisotopic (exact) mass is 426 g/mol. The highest BCUT2D eigenvalue weighted by Crippen LogP contribution is 2.17. The second kappa shape index (κ2) is 11.3. The summed E-state index contributed by atoms with van der Waals surface area (Å²) < 4.78 is 1.34. The number of aryl methyl sites for hydroxylation is 1. The van der Waals surface area contributed by atoms with Gasteiger partial charge in [-0.05, 0) is 55.0 Å². The van der Waals surface area contributed by atoms with Crippen molar-refractivity contribution in [1.82, 2.24) is 19.9 Å². The Morgan fingerprint density at radius 1 is 1.17 bits per heavy atom. The lowest BCUT2D eigenvalue weighted by Gasteiger charge is -2.07. The zero-order chi connectivity index (χ0) is 20.6. The van der Waals surface area contributed by atoms with Crippen molar-refractivity contribution in [2.75, 3.05) is 6.54 Å². The van der Waals surface area contributed by atoms with Crippen molar-refractivity contribution in [2.24, 2.45) is 0 Å². The van der Waals surface area contributed by atoms with Crippen molar-refractivity contribution in [3.8, 4) is 0 Å². The van der Waals surface area contributed by atoms with E-state index in [4.69, 9.17) is 0 Å². The summed E-state index contributed by atoms with van der Waals surface area (Å²) in [6, 6.07) is 11.6. The molecule has 1 amide bonds. The van der Waals surface area contributed by atoms with E-state index >= 15 is 0 Å². The average molecular weight is 427 g/mol. The molecule has 0 aliphatic carbocycles. The number of fused-ring (bicyclic) bond motifs is 1. The molecule has 0 aliphatic heterocycles. The van der Waals surface area contributed by atoms with Crippen LogP contribution >= 0.6 is 12.4 Å². The van der Waals surface area contributed by atoms with Crippen LogP contribution in [0.25, 0.3) is 17.1 Å². The first kappa shape index (κ1) is 23.3. The number of hydrogen-bond acceptors (Lipinski definition) is 4. The van der Waals surface area contributed by atoms with E-state index in [0.717, 1.165) is 30.5 Å². The highest BCUT2D eigenvalue weighted by Gasteiger charge is 2.06. The molecule has 158 valence electrons. The van der Waals surface area contributed by atoms with Crippen LogP contribution in [-0.4, -0.2) is 27.0 Å². The van der Waals surface area contributed by atoms with Gasteiger partial charge in [0.1, 0.15) is 6.33 Å². The summed E-state index contributed by atoms with van der Waals surface area (Å²) in [6.07, 6.45) is 8.76. The third kappa shape index (κ3) is 6.26. The Labute approximate surface area is 182 Å². The Hall–Kier alpha value is -2.99. The van der Waals surface area contributed by atoms with E-state index in [1.54, 1.807) is 6.20 Å². The molecule has 2 aromatic heterocycles. The third-order valence-electron chi connectivity index (χ3n) is 4.75. The predicted molar refractivity (Wildman–Crippen MR) is 123 cm³/mol. The normalized spacial score (nSPS) is 11.0. The average Bonchev–Trinajstić information content (AvgIpc) is 2.73. The number of hydrogen-bond donors (Lipinski definition) is 1. The van der Waals surface area contributed by atoms with Gasteiger partial charge in [-0.2, -0.15) is 0 Å². The molecule has 0 spiro atoms. The molecule has 0 unspecified atom stereocenters. The van der Waals surface area contributed by atoms with E-state index in [-0.39, 0.29) is 23.9 Å². The van der Waals surface area contributed by atoms with Crippen LogP contribution in [0.4, 0.5) is 0 Å². The van der Waals surface area contributed by atoms with Gasteiger partial charge in [0, 0.05) is 30.7 Å². The number of amides is 1. The van der Waals surface area contributed by atoms with Crippen molar-refractivity contribution in [1.29, 1.82) is 0 Å². The molecule has 0 atom stereocenters. The molecule has 0 bridgehead atoms. The molecule has 0 saturated carbocycles. The molecule has 30 heavy (non-hydrogen) atoms. The van der Waals surface area contributed by atoms with Gasteiger partial charge < -0.3 is 5.32 Å². The first-order valence-corrected chi connectivity index (χ1v) is 9.91. The smallest absolute Gasteiger partial charge is 0.265 e. The number of aromatic nitrogens is 3. The highest BCUT2D eigenvalue weighted by atomic mass is 35.5. The van der Waals surface area contributed by atoms with Gasteiger partial charge in [-0.25, -0.2) is 4.98 Å². The molecular formula is C23H27ClN4O2. The number of pyridine rings is 1. The predicted octanol–water partition coefficient (Wildman–Crippen LogP) is 3.95. The van der Waals surface area contributed by atoms with Gasteiger partial charge in [-0.3, -0.25) is 19.1 Å². The first-order chi connectivity index (χ1) is 14.0. The Morgan fingerprint density at radius 3 is 2.73 bits per heavy atom. The Kier molecular flexibility index (Phi) is 8.74. The standard InChI is InChI=1S/C23H26N4O2.ClH/c1-17(2)18-9-10-21-20(15-18)23(29)27(16-26-21)14-11-22(28)25-13-6-4-8-19-7-3-5-12-24-19;/h3,5,7,9-12,14-17H,4,6,8,13H2,1-2H3,(H,25,28);1H/b14-11+;. The molecule has 0 aliphatic rings. The van der Waals surface area contributed by atoms with Crippen LogP contribution in [0.2, 0.25) is 0 Å². The highest BCUT2D eigenvalue weighted by molar-refractivity contribution is 5.90. The number of carbonyl (C=O) groups excluding carboxylic acids is 1. The number of halogens is 1. The van der Waals surface area contributed by atoms with Gasteiger partial charge in [-0.15, -0.1) is 12.4 Å². The maximum Gasteiger partial charge on any atom is 0.265 e. The van der Waals surface area contributed by atoms with E-state index < -0.39 is 0 Å². The van der Waals surface area contributed by atoms with Crippen LogP contribution in [0.1, 0.15) is 43.9 Å². The van der Waals surface area contributed by atoms with Crippen LogP contribution < -0.4 is 10.9 Å². The van der Waals surface area contributed by atoms with E-state index in [2.05, 4.69) is 29.1 Å². The number of nitrogens with zero attached hydrogens (tertiary/aromatic N) is 3. The van der Waals surface area contributed by atoms with Crippen LogP contribution in [-0.2, 0) is 11.2 Å². The van der Waals surface area contributed by atoms with Gasteiger partial charge in [0.25, 0.3) is 5.56 Å². The molecule has 3 rings (SSSR count). The first-order valence-electron chi connectivity index (χ1n) is 9.91. The molecule has 3 aromatic rings. The fourth-order valence-electron chi connectivity index (χ4n) is 3.01.